The zero-order valence-corrected chi connectivity index (χ0v) is 7.61. The second kappa shape index (κ2) is 3.85. The van der Waals surface area contributed by atoms with Gasteiger partial charge in [0, 0.05) is 0 Å². The van der Waals surface area contributed by atoms with Crippen LogP contribution in [-0.4, -0.2) is 16.8 Å². The zero-order valence-electron chi connectivity index (χ0n) is 7.61. The number of carboxylic acid groups (broad SMARTS) is 1. The topological polar surface area (TPSA) is 49.7 Å². The summed E-state index contributed by atoms with van der Waals surface area (Å²) in [5.41, 5.74) is 1.90. The molecule has 0 saturated carbocycles. The van der Waals surface area contributed by atoms with Crippen LogP contribution in [0.25, 0.3) is 0 Å². The number of rotatable bonds is 2. The van der Waals surface area contributed by atoms with Crippen LogP contribution in [0, 0.1) is 6.92 Å². The normalized spacial score (nSPS) is 11.4. The number of hydrogen-bond acceptors (Lipinski definition) is 2. The fourth-order valence-corrected chi connectivity index (χ4v) is 0.861. The molecule has 3 nitrogen and oxygen atoms in total. The molecular formula is C10H11NO2. The summed E-state index contributed by atoms with van der Waals surface area (Å²) in [6.07, 6.45) is 0. The van der Waals surface area contributed by atoms with Crippen LogP contribution in [-0.2, 0) is 4.79 Å². The molecule has 0 saturated heterocycles. The van der Waals surface area contributed by atoms with Crippen LogP contribution in [0.4, 0.5) is 5.69 Å². The van der Waals surface area contributed by atoms with Gasteiger partial charge in [0.1, 0.15) is 5.71 Å². The molecule has 0 aromatic heterocycles. The zero-order chi connectivity index (χ0) is 9.84. The summed E-state index contributed by atoms with van der Waals surface area (Å²) in [6, 6.07) is 7.38. The van der Waals surface area contributed by atoms with E-state index in [1.807, 2.05) is 19.1 Å². The summed E-state index contributed by atoms with van der Waals surface area (Å²) < 4.78 is 0. The van der Waals surface area contributed by atoms with Gasteiger partial charge in [0.25, 0.3) is 0 Å². The lowest BCUT2D eigenvalue weighted by Crippen LogP contribution is -2.06. The SMILES string of the molecule is CC(=Nc1ccc(C)cc1)C(=O)O. The van der Waals surface area contributed by atoms with Gasteiger partial charge in [0.2, 0.25) is 0 Å². The van der Waals surface area contributed by atoms with Crippen molar-refractivity contribution in [1.29, 1.82) is 0 Å². The summed E-state index contributed by atoms with van der Waals surface area (Å²) >= 11 is 0. The van der Waals surface area contributed by atoms with E-state index in [2.05, 4.69) is 4.99 Å². The van der Waals surface area contributed by atoms with Crippen LogP contribution in [0.2, 0.25) is 0 Å². The second-order valence-corrected chi connectivity index (χ2v) is 2.84. The van der Waals surface area contributed by atoms with E-state index in [1.54, 1.807) is 12.1 Å². The van der Waals surface area contributed by atoms with Gasteiger partial charge in [-0.1, -0.05) is 17.7 Å². The van der Waals surface area contributed by atoms with Gasteiger partial charge >= 0.3 is 5.97 Å². The summed E-state index contributed by atoms with van der Waals surface area (Å²) in [7, 11) is 0. The molecule has 0 radical (unpaired) electrons. The highest BCUT2D eigenvalue weighted by molar-refractivity contribution is 6.35. The highest BCUT2D eigenvalue weighted by Crippen LogP contribution is 2.12. The van der Waals surface area contributed by atoms with E-state index >= 15 is 0 Å². The van der Waals surface area contributed by atoms with E-state index in [-0.39, 0.29) is 5.71 Å². The van der Waals surface area contributed by atoms with Gasteiger partial charge in [-0.05, 0) is 26.0 Å². The van der Waals surface area contributed by atoms with E-state index < -0.39 is 5.97 Å². The van der Waals surface area contributed by atoms with Gasteiger partial charge in [-0.25, -0.2) is 9.79 Å². The average Bonchev–Trinajstić information content (AvgIpc) is 2.08. The van der Waals surface area contributed by atoms with Crippen molar-refractivity contribution in [2.24, 2.45) is 4.99 Å². The fraction of sp³-hybridized carbons (Fsp3) is 0.200. The van der Waals surface area contributed by atoms with Crippen molar-refractivity contribution in [3.05, 3.63) is 29.8 Å². The quantitative estimate of drug-likeness (QED) is 0.704. The van der Waals surface area contributed by atoms with Gasteiger partial charge < -0.3 is 5.11 Å². The second-order valence-electron chi connectivity index (χ2n) is 2.84. The molecule has 0 bridgehead atoms. The Morgan fingerprint density at radius 3 is 2.31 bits per heavy atom. The van der Waals surface area contributed by atoms with Crippen LogP contribution in [0.1, 0.15) is 12.5 Å². The number of carboxylic acids is 1. The molecule has 0 spiro atoms. The molecule has 0 unspecified atom stereocenters. The van der Waals surface area contributed by atoms with Gasteiger partial charge in [-0.15, -0.1) is 0 Å². The molecule has 13 heavy (non-hydrogen) atoms. The number of aliphatic carboxylic acids is 1. The first kappa shape index (κ1) is 9.45. The van der Waals surface area contributed by atoms with E-state index in [0.717, 1.165) is 5.56 Å². The maximum Gasteiger partial charge on any atom is 0.349 e. The third kappa shape index (κ3) is 2.71. The fourth-order valence-electron chi connectivity index (χ4n) is 0.861. The van der Waals surface area contributed by atoms with Crippen molar-refractivity contribution in [3.8, 4) is 0 Å². The maximum absolute atomic E-state index is 10.4. The Labute approximate surface area is 76.7 Å². The number of carbonyl (C=O) groups is 1. The van der Waals surface area contributed by atoms with E-state index in [1.165, 1.54) is 6.92 Å². The smallest absolute Gasteiger partial charge is 0.349 e. The predicted octanol–water partition coefficient (Wildman–Crippen LogP) is 2.17. The molecule has 68 valence electrons. The summed E-state index contributed by atoms with van der Waals surface area (Å²) in [5, 5.41) is 8.57. The Morgan fingerprint density at radius 2 is 1.85 bits per heavy atom. The maximum atomic E-state index is 10.4. The molecule has 0 aliphatic carbocycles. The summed E-state index contributed by atoms with van der Waals surface area (Å²) in [5.74, 6) is -0.986. The number of aliphatic imine (C=N–C) groups is 1. The third-order valence-corrected chi connectivity index (χ3v) is 1.64. The lowest BCUT2D eigenvalue weighted by molar-refractivity contribution is -0.129. The van der Waals surface area contributed by atoms with Gasteiger partial charge in [0.15, 0.2) is 0 Å². The van der Waals surface area contributed by atoms with E-state index in [4.69, 9.17) is 5.11 Å². The summed E-state index contributed by atoms with van der Waals surface area (Å²) in [6.45, 7) is 3.44. The highest BCUT2D eigenvalue weighted by atomic mass is 16.4. The monoisotopic (exact) mass is 177 g/mol. The van der Waals surface area contributed by atoms with Crippen molar-refractivity contribution in [3.63, 3.8) is 0 Å². The molecule has 1 rings (SSSR count). The van der Waals surface area contributed by atoms with Crippen LogP contribution in [0.5, 0.6) is 0 Å². The lowest BCUT2D eigenvalue weighted by atomic mass is 10.2. The first-order chi connectivity index (χ1) is 6.09. The Balaban J connectivity index is 2.92. The molecule has 0 aliphatic heterocycles. The Hall–Kier alpha value is -1.64. The average molecular weight is 177 g/mol. The van der Waals surface area contributed by atoms with Gasteiger partial charge in [0.05, 0.1) is 5.69 Å². The van der Waals surface area contributed by atoms with Crippen LogP contribution >= 0.6 is 0 Å². The minimum atomic E-state index is -0.986. The van der Waals surface area contributed by atoms with Crippen molar-refractivity contribution in [1.82, 2.24) is 0 Å². The number of benzene rings is 1. The summed E-state index contributed by atoms with van der Waals surface area (Å²) in [4.78, 5) is 14.4. The highest BCUT2D eigenvalue weighted by Gasteiger charge is 2.00. The minimum Gasteiger partial charge on any atom is -0.477 e. The molecule has 0 heterocycles. The van der Waals surface area contributed by atoms with Gasteiger partial charge in [-0.2, -0.15) is 0 Å². The number of hydrogen-bond donors (Lipinski definition) is 1. The van der Waals surface area contributed by atoms with Crippen LogP contribution in [0.3, 0.4) is 0 Å². The molecule has 0 aliphatic rings. The molecule has 3 heteroatoms. The molecule has 1 aromatic rings. The lowest BCUT2D eigenvalue weighted by Gasteiger charge is -1.95. The minimum absolute atomic E-state index is 0.101. The van der Waals surface area contributed by atoms with Crippen molar-refractivity contribution in [2.75, 3.05) is 0 Å². The Bertz CT molecular complexity index is 338. The Kier molecular flexibility index (Phi) is 2.80. The molecule has 0 amide bonds. The van der Waals surface area contributed by atoms with E-state index in [0.29, 0.717) is 5.69 Å². The van der Waals surface area contributed by atoms with Crippen molar-refractivity contribution < 1.29 is 9.90 Å². The third-order valence-electron chi connectivity index (χ3n) is 1.64. The standard InChI is InChI=1S/C10H11NO2/c1-7-3-5-9(6-4-7)11-8(2)10(12)13/h3-6H,1-2H3,(H,12,13). The van der Waals surface area contributed by atoms with Crippen molar-refractivity contribution >= 4 is 17.4 Å². The largest absolute Gasteiger partial charge is 0.477 e. The van der Waals surface area contributed by atoms with Crippen LogP contribution < -0.4 is 0 Å². The Morgan fingerprint density at radius 1 is 1.31 bits per heavy atom. The predicted molar refractivity (Wildman–Crippen MR) is 51.6 cm³/mol. The first-order valence-corrected chi connectivity index (χ1v) is 3.95. The van der Waals surface area contributed by atoms with Gasteiger partial charge in [-0.3, -0.25) is 0 Å². The molecular weight excluding hydrogens is 166 g/mol. The molecule has 1 N–H and O–H groups in total. The van der Waals surface area contributed by atoms with Crippen molar-refractivity contribution in [2.45, 2.75) is 13.8 Å². The van der Waals surface area contributed by atoms with Crippen LogP contribution in [0.15, 0.2) is 29.3 Å². The number of nitrogens with zero attached hydrogens (tertiary/aromatic N) is 1. The molecule has 0 atom stereocenters. The molecule has 1 aromatic carbocycles. The van der Waals surface area contributed by atoms with E-state index in [9.17, 15) is 4.79 Å². The number of aryl methyl sites for hydroxylation is 1. The first-order valence-electron chi connectivity index (χ1n) is 3.95. The molecule has 0 fully saturated rings.